The second-order valence-electron chi connectivity index (χ2n) is 9.03. The predicted molar refractivity (Wildman–Crippen MR) is 110 cm³/mol. The first-order chi connectivity index (χ1) is 13.5. The Morgan fingerprint density at radius 1 is 1.11 bits per heavy atom. The van der Waals surface area contributed by atoms with Crippen molar-refractivity contribution < 1.29 is 4.74 Å². The van der Waals surface area contributed by atoms with E-state index in [-0.39, 0.29) is 5.60 Å². The molecule has 1 saturated carbocycles. The van der Waals surface area contributed by atoms with Crippen LogP contribution in [0.1, 0.15) is 26.2 Å². The van der Waals surface area contributed by atoms with Crippen LogP contribution in [0.15, 0.2) is 36.5 Å². The molecule has 0 unspecified atom stereocenters. The number of hydrogen-bond acceptors (Lipinski definition) is 5. The van der Waals surface area contributed by atoms with Gasteiger partial charge in [0.2, 0.25) is 0 Å². The molecule has 3 aromatic rings. The number of likely N-dealkylation sites (N-methyl/N-ethyl adjacent to an activating group) is 1. The first-order valence-electron chi connectivity index (χ1n) is 10.1. The maximum atomic E-state index is 6.16. The predicted octanol–water partition coefficient (Wildman–Crippen LogP) is 3.45. The fourth-order valence-electron chi connectivity index (χ4n) is 4.74. The number of anilines is 1. The van der Waals surface area contributed by atoms with Gasteiger partial charge in [0.25, 0.3) is 0 Å². The fourth-order valence-corrected chi connectivity index (χ4v) is 4.74. The first-order valence-corrected chi connectivity index (χ1v) is 10.1. The van der Waals surface area contributed by atoms with Gasteiger partial charge in [0.1, 0.15) is 22.9 Å². The maximum absolute atomic E-state index is 6.16. The van der Waals surface area contributed by atoms with Gasteiger partial charge in [-0.25, -0.2) is 4.98 Å². The van der Waals surface area contributed by atoms with E-state index in [2.05, 4.69) is 57.2 Å². The Balaban J connectivity index is 1.35. The Morgan fingerprint density at radius 3 is 2.68 bits per heavy atom. The zero-order valence-corrected chi connectivity index (χ0v) is 16.4. The molecular formula is C22H25N5O. The molecule has 6 nitrogen and oxygen atoms in total. The van der Waals surface area contributed by atoms with E-state index in [0.29, 0.717) is 5.54 Å². The molecule has 0 bridgehead atoms. The Hall–Kier alpha value is -2.60. The molecule has 0 amide bonds. The standard InChI is InChI=1S/C22H25N5O/c1-21(6-7-21)28-16-3-4-18-17(12-16)20(25-24-18)15-5-9-23-19(11-15)27-10-8-22(27)13-26(2)14-22/h3-5,9,11-12H,6-8,10,13-14H2,1-2H3,(H,24,25). The number of hydrogen-bond donors (Lipinski definition) is 1. The van der Waals surface area contributed by atoms with Gasteiger partial charge in [0, 0.05) is 36.8 Å². The number of aromatic nitrogens is 3. The third-order valence-electron chi connectivity index (χ3n) is 6.65. The maximum Gasteiger partial charge on any atom is 0.129 e. The molecule has 28 heavy (non-hydrogen) atoms. The normalized spacial score (nSPS) is 22.1. The first kappa shape index (κ1) is 16.4. The summed E-state index contributed by atoms with van der Waals surface area (Å²) in [5.41, 5.74) is 3.41. The number of benzene rings is 1. The van der Waals surface area contributed by atoms with Crippen LogP contribution in [-0.2, 0) is 0 Å². The third-order valence-corrected chi connectivity index (χ3v) is 6.65. The van der Waals surface area contributed by atoms with E-state index < -0.39 is 0 Å². The van der Waals surface area contributed by atoms with Crippen molar-refractivity contribution in [2.24, 2.45) is 0 Å². The van der Waals surface area contributed by atoms with E-state index in [1.54, 1.807) is 0 Å². The fraction of sp³-hybridized carbons (Fsp3) is 0.455. The molecule has 144 valence electrons. The number of fused-ring (bicyclic) bond motifs is 1. The van der Waals surface area contributed by atoms with Crippen molar-refractivity contribution in [1.82, 2.24) is 20.1 Å². The zero-order chi connectivity index (χ0) is 18.9. The van der Waals surface area contributed by atoms with Gasteiger partial charge in [-0.15, -0.1) is 0 Å². The van der Waals surface area contributed by atoms with Crippen molar-refractivity contribution in [3.8, 4) is 17.0 Å². The highest BCUT2D eigenvalue weighted by Gasteiger charge is 2.52. The van der Waals surface area contributed by atoms with Crippen molar-refractivity contribution in [2.45, 2.75) is 37.3 Å². The van der Waals surface area contributed by atoms with Crippen molar-refractivity contribution in [3.63, 3.8) is 0 Å². The molecule has 1 aromatic carbocycles. The number of rotatable bonds is 4. The van der Waals surface area contributed by atoms with Crippen molar-refractivity contribution in [3.05, 3.63) is 36.5 Å². The number of aromatic amines is 1. The van der Waals surface area contributed by atoms with Gasteiger partial charge in [-0.05, 0) is 63.6 Å². The number of pyridine rings is 1. The summed E-state index contributed by atoms with van der Waals surface area (Å²) in [7, 11) is 2.18. The topological polar surface area (TPSA) is 57.3 Å². The Bertz CT molecular complexity index is 1060. The van der Waals surface area contributed by atoms with Crippen molar-refractivity contribution in [2.75, 3.05) is 31.6 Å². The molecule has 0 radical (unpaired) electrons. The molecule has 2 aliphatic heterocycles. The smallest absolute Gasteiger partial charge is 0.129 e. The molecule has 0 atom stereocenters. The van der Waals surface area contributed by atoms with Crippen LogP contribution in [0.4, 0.5) is 5.82 Å². The lowest BCUT2D eigenvalue weighted by Crippen LogP contribution is -2.76. The molecule has 1 N–H and O–H groups in total. The van der Waals surface area contributed by atoms with Crippen LogP contribution in [-0.4, -0.2) is 57.9 Å². The molecule has 6 heteroatoms. The van der Waals surface area contributed by atoms with E-state index in [1.807, 2.05) is 18.3 Å². The molecule has 3 fully saturated rings. The van der Waals surface area contributed by atoms with E-state index in [4.69, 9.17) is 4.74 Å². The van der Waals surface area contributed by atoms with E-state index in [1.165, 1.54) is 6.42 Å². The van der Waals surface area contributed by atoms with Crippen molar-refractivity contribution in [1.29, 1.82) is 0 Å². The van der Waals surface area contributed by atoms with Crippen LogP contribution < -0.4 is 9.64 Å². The highest BCUT2D eigenvalue weighted by molar-refractivity contribution is 5.94. The number of nitrogens with zero attached hydrogens (tertiary/aromatic N) is 4. The van der Waals surface area contributed by atoms with Gasteiger partial charge < -0.3 is 14.5 Å². The summed E-state index contributed by atoms with van der Waals surface area (Å²) in [5.74, 6) is 1.98. The average molecular weight is 375 g/mol. The van der Waals surface area contributed by atoms with Gasteiger partial charge in [0.15, 0.2) is 0 Å². The van der Waals surface area contributed by atoms with Crippen LogP contribution in [0.25, 0.3) is 22.2 Å². The number of ether oxygens (including phenoxy) is 1. The highest BCUT2D eigenvalue weighted by Crippen LogP contribution is 2.43. The van der Waals surface area contributed by atoms with E-state index in [9.17, 15) is 0 Å². The quantitative estimate of drug-likeness (QED) is 0.757. The van der Waals surface area contributed by atoms with Crippen LogP contribution >= 0.6 is 0 Å². The minimum Gasteiger partial charge on any atom is -0.488 e. The van der Waals surface area contributed by atoms with Gasteiger partial charge >= 0.3 is 0 Å². The lowest BCUT2D eigenvalue weighted by atomic mass is 9.78. The summed E-state index contributed by atoms with van der Waals surface area (Å²) in [4.78, 5) is 9.51. The lowest BCUT2D eigenvalue weighted by molar-refractivity contribution is 0.0461. The summed E-state index contributed by atoms with van der Waals surface area (Å²) in [6.07, 6.45) is 5.42. The summed E-state index contributed by atoms with van der Waals surface area (Å²) in [5, 5.41) is 8.88. The minimum atomic E-state index is 0.0170. The minimum absolute atomic E-state index is 0.0170. The number of H-pyrrole nitrogens is 1. The summed E-state index contributed by atoms with van der Waals surface area (Å²) >= 11 is 0. The molecule has 1 aliphatic carbocycles. The van der Waals surface area contributed by atoms with Gasteiger partial charge in [-0.3, -0.25) is 5.10 Å². The van der Waals surface area contributed by atoms with Crippen LogP contribution in [0, 0.1) is 0 Å². The highest BCUT2D eigenvalue weighted by atomic mass is 16.5. The largest absolute Gasteiger partial charge is 0.488 e. The Labute approximate surface area is 164 Å². The Morgan fingerprint density at radius 2 is 1.96 bits per heavy atom. The molecule has 2 saturated heterocycles. The molecule has 6 rings (SSSR count). The third kappa shape index (κ3) is 2.44. The number of nitrogens with one attached hydrogen (secondary N) is 1. The molecule has 3 aliphatic rings. The van der Waals surface area contributed by atoms with Crippen LogP contribution in [0.3, 0.4) is 0 Å². The van der Waals surface area contributed by atoms with Gasteiger partial charge in [-0.2, -0.15) is 5.10 Å². The SMILES string of the molecule is CN1CC2(CCN2c2cc(-c3n[nH]c4ccc(OC5(C)CC5)cc34)ccn2)C1. The average Bonchev–Trinajstić information content (AvgIpc) is 3.21. The second-order valence-corrected chi connectivity index (χ2v) is 9.03. The van der Waals surface area contributed by atoms with E-state index >= 15 is 0 Å². The second kappa shape index (κ2) is 5.47. The summed E-state index contributed by atoms with van der Waals surface area (Å²) < 4.78 is 6.16. The summed E-state index contributed by atoms with van der Waals surface area (Å²) in [6.45, 7) is 5.51. The van der Waals surface area contributed by atoms with E-state index in [0.717, 1.165) is 66.2 Å². The van der Waals surface area contributed by atoms with Gasteiger partial charge in [0.05, 0.1) is 11.1 Å². The molecular weight excluding hydrogens is 350 g/mol. The van der Waals surface area contributed by atoms with Gasteiger partial charge in [-0.1, -0.05) is 0 Å². The molecule has 2 aromatic heterocycles. The molecule has 1 spiro atoms. The number of likely N-dealkylation sites (tertiary alicyclic amines) is 1. The molecule has 4 heterocycles. The lowest BCUT2D eigenvalue weighted by Gasteiger charge is -2.62. The van der Waals surface area contributed by atoms with Crippen molar-refractivity contribution >= 4 is 16.7 Å². The summed E-state index contributed by atoms with van der Waals surface area (Å²) in [6, 6.07) is 10.4. The van der Waals surface area contributed by atoms with Crippen LogP contribution in [0.2, 0.25) is 0 Å². The zero-order valence-electron chi connectivity index (χ0n) is 16.4. The monoisotopic (exact) mass is 375 g/mol. The Kier molecular flexibility index (Phi) is 3.20. The van der Waals surface area contributed by atoms with Crippen LogP contribution in [0.5, 0.6) is 5.75 Å².